The molecule has 0 saturated heterocycles. The largest absolute Gasteiger partial charge is 0.474 e. The van der Waals surface area contributed by atoms with Crippen molar-refractivity contribution in [2.45, 2.75) is 62.5 Å². The van der Waals surface area contributed by atoms with Crippen LogP contribution in [0.15, 0.2) is 21.5 Å². The number of nitrogens with one attached hydrogen (secondary N) is 1. The number of ether oxygens (including phenoxy) is 2. The summed E-state index contributed by atoms with van der Waals surface area (Å²) in [6.07, 6.45) is 11.2. The molecular formula is C23H27N5O4S. The van der Waals surface area contributed by atoms with Crippen LogP contribution in [0.1, 0.15) is 47.9 Å². The van der Waals surface area contributed by atoms with Crippen molar-refractivity contribution < 1.29 is 18.5 Å². The minimum Gasteiger partial charge on any atom is -0.474 e. The van der Waals surface area contributed by atoms with Crippen molar-refractivity contribution in [3.05, 3.63) is 34.5 Å². The molecule has 1 aromatic carbocycles. The highest BCUT2D eigenvalue weighted by Gasteiger charge is 2.30. The van der Waals surface area contributed by atoms with E-state index in [2.05, 4.69) is 33.7 Å². The lowest BCUT2D eigenvalue weighted by Crippen LogP contribution is -2.33. The molecule has 3 atom stereocenters. The van der Waals surface area contributed by atoms with Crippen LogP contribution in [-0.2, 0) is 40.5 Å². The molecule has 0 bridgehead atoms. The van der Waals surface area contributed by atoms with Gasteiger partial charge in [0.25, 0.3) is 0 Å². The molecule has 3 N–H and O–H groups in total. The minimum atomic E-state index is -3.57. The molecule has 1 aliphatic heterocycles. The molecule has 33 heavy (non-hydrogen) atoms. The van der Waals surface area contributed by atoms with Gasteiger partial charge in [0.2, 0.25) is 5.88 Å². The van der Waals surface area contributed by atoms with Gasteiger partial charge in [0.15, 0.2) is 9.92 Å². The number of benzene rings is 1. The molecule has 9 nitrogen and oxygen atoms in total. The Balaban J connectivity index is 1.41. The van der Waals surface area contributed by atoms with Crippen molar-refractivity contribution in [1.29, 1.82) is 0 Å². The highest BCUT2D eigenvalue weighted by molar-refractivity contribution is 7.91. The number of hydrogen-bond donors (Lipinski definition) is 2. The van der Waals surface area contributed by atoms with Gasteiger partial charge >= 0.3 is 6.03 Å². The standard InChI is InChI=1S/C23H27N5O4S/c1-3-9-31-16-12-28-22(32-13-16)20(11-25-28)33(24,30)27-23(29)26-21-17-6-4-5-15(17)10-19-14(2)7-8-18(19)21/h1,10-11,14,16H,4-9,12-13H2,2H3,(H3,24,26,27,29,30). The van der Waals surface area contributed by atoms with Gasteiger partial charge in [-0.05, 0) is 60.3 Å². The van der Waals surface area contributed by atoms with E-state index in [1.54, 1.807) is 0 Å². The normalized spacial score (nSPS) is 22.3. The van der Waals surface area contributed by atoms with Crippen LogP contribution in [0, 0.1) is 12.3 Å². The van der Waals surface area contributed by atoms with Crippen molar-refractivity contribution in [1.82, 2.24) is 9.78 Å². The van der Waals surface area contributed by atoms with Gasteiger partial charge in [-0.1, -0.05) is 18.9 Å². The molecular weight excluding hydrogens is 442 g/mol. The summed E-state index contributed by atoms with van der Waals surface area (Å²) < 4.78 is 29.8. The Morgan fingerprint density at radius 3 is 3.12 bits per heavy atom. The fourth-order valence-electron chi connectivity index (χ4n) is 5.01. The number of nitrogens with zero attached hydrogens (tertiary/aromatic N) is 3. The molecule has 0 radical (unpaired) electrons. The third kappa shape index (κ3) is 4.01. The van der Waals surface area contributed by atoms with Gasteiger partial charge in [-0.25, -0.2) is 18.8 Å². The summed E-state index contributed by atoms with van der Waals surface area (Å²) in [5.74, 6) is 3.10. The first-order chi connectivity index (χ1) is 15.9. The van der Waals surface area contributed by atoms with E-state index in [4.69, 9.17) is 21.0 Å². The second-order valence-corrected chi connectivity index (χ2v) is 10.5. The summed E-state index contributed by atoms with van der Waals surface area (Å²) in [6, 6.07) is 1.57. The first-order valence-corrected chi connectivity index (χ1v) is 12.7. The van der Waals surface area contributed by atoms with Crippen LogP contribution in [0.25, 0.3) is 0 Å². The smallest absolute Gasteiger partial charge is 0.354 e. The van der Waals surface area contributed by atoms with Gasteiger partial charge in [-0.3, -0.25) is 0 Å². The molecule has 3 aliphatic rings. The van der Waals surface area contributed by atoms with Gasteiger partial charge in [-0.15, -0.1) is 10.8 Å². The number of amides is 2. The van der Waals surface area contributed by atoms with Crippen molar-refractivity contribution in [3.63, 3.8) is 0 Å². The molecule has 2 aromatic rings. The maximum atomic E-state index is 13.3. The maximum absolute atomic E-state index is 13.3. The predicted octanol–water partition coefficient (Wildman–Crippen LogP) is 2.77. The minimum absolute atomic E-state index is 0.0881. The number of rotatable bonds is 4. The van der Waals surface area contributed by atoms with Crippen LogP contribution in [0.4, 0.5) is 10.5 Å². The van der Waals surface area contributed by atoms with E-state index in [0.29, 0.717) is 12.5 Å². The SMILES string of the molecule is C#CCOC1COc2c(S(N)(=O)=NC(=O)Nc3c4c(cc5c3CCC5C)CCC4)cnn2C1. The lowest BCUT2D eigenvalue weighted by Gasteiger charge is -2.24. The Labute approximate surface area is 193 Å². The summed E-state index contributed by atoms with van der Waals surface area (Å²) in [5, 5.41) is 13.1. The van der Waals surface area contributed by atoms with E-state index in [0.717, 1.165) is 37.8 Å². The predicted molar refractivity (Wildman–Crippen MR) is 124 cm³/mol. The van der Waals surface area contributed by atoms with Gasteiger partial charge < -0.3 is 14.8 Å². The van der Waals surface area contributed by atoms with E-state index >= 15 is 0 Å². The van der Waals surface area contributed by atoms with Crippen LogP contribution < -0.4 is 15.2 Å². The van der Waals surface area contributed by atoms with Crippen molar-refractivity contribution in [3.8, 4) is 18.2 Å². The van der Waals surface area contributed by atoms with Crippen molar-refractivity contribution >= 4 is 21.6 Å². The number of aryl methyl sites for hydroxylation is 1. The number of nitrogens with two attached hydrogens (primary N) is 1. The highest BCUT2D eigenvalue weighted by atomic mass is 32.2. The lowest BCUT2D eigenvalue weighted by atomic mass is 9.96. The van der Waals surface area contributed by atoms with Crippen molar-refractivity contribution in [2.75, 3.05) is 18.5 Å². The summed E-state index contributed by atoms with van der Waals surface area (Å²) in [7, 11) is -3.57. The Morgan fingerprint density at radius 2 is 2.30 bits per heavy atom. The van der Waals surface area contributed by atoms with E-state index in [1.807, 2.05) is 0 Å². The number of carbonyl (C=O) groups excluding carboxylic acids is 1. The monoisotopic (exact) mass is 469 g/mol. The quantitative estimate of drug-likeness (QED) is 0.667. The summed E-state index contributed by atoms with van der Waals surface area (Å²) in [4.78, 5) is 13.0. The zero-order chi connectivity index (χ0) is 23.2. The highest BCUT2D eigenvalue weighted by Crippen LogP contribution is 2.43. The zero-order valence-electron chi connectivity index (χ0n) is 18.5. The number of aromatic nitrogens is 2. The van der Waals surface area contributed by atoms with Crippen molar-refractivity contribution in [2.24, 2.45) is 9.50 Å². The number of fused-ring (bicyclic) bond motifs is 3. The second kappa shape index (κ2) is 8.48. The van der Waals surface area contributed by atoms with Crippen LogP contribution in [0.5, 0.6) is 5.88 Å². The topological polar surface area (TPSA) is 121 Å². The fourth-order valence-corrected chi connectivity index (χ4v) is 6.01. The number of anilines is 1. The number of urea groups is 1. The molecule has 1 aromatic heterocycles. The van der Waals surface area contributed by atoms with Gasteiger partial charge in [0.1, 0.15) is 24.2 Å². The van der Waals surface area contributed by atoms with Crippen LogP contribution in [0.3, 0.4) is 0 Å². The fraction of sp³-hybridized carbons (Fsp3) is 0.478. The van der Waals surface area contributed by atoms with E-state index in [-0.39, 0.29) is 30.1 Å². The Hall–Kier alpha value is -2.87. The van der Waals surface area contributed by atoms with Gasteiger partial charge in [-0.2, -0.15) is 5.10 Å². The molecule has 0 saturated carbocycles. The number of terminal acetylenes is 1. The Bertz CT molecular complexity index is 1280. The molecule has 2 amide bonds. The third-order valence-corrected chi connectivity index (χ3v) is 7.96. The average Bonchev–Trinajstić information content (AvgIpc) is 3.50. The summed E-state index contributed by atoms with van der Waals surface area (Å²) in [5.41, 5.74) is 5.74. The zero-order valence-corrected chi connectivity index (χ0v) is 19.3. The number of carbonyl (C=O) groups is 1. The summed E-state index contributed by atoms with van der Waals surface area (Å²) >= 11 is 0. The van der Waals surface area contributed by atoms with E-state index in [9.17, 15) is 9.00 Å². The van der Waals surface area contributed by atoms with Crippen LogP contribution in [0.2, 0.25) is 0 Å². The second-order valence-electron chi connectivity index (χ2n) is 8.78. The average molecular weight is 470 g/mol. The van der Waals surface area contributed by atoms with E-state index in [1.165, 1.54) is 33.1 Å². The third-order valence-electron chi connectivity index (χ3n) is 6.61. The molecule has 0 fully saturated rings. The molecule has 174 valence electrons. The van der Waals surface area contributed by atoms with Gasteiger partial charge in [0.05, 0.1) is 12.7 Å². The summed E-state index contributed by atoms with van der Waals surface area (Å²) in [6.45, 7) is 2.95. The van der Waals surface area contributed by atoms with Crippen LogP contribution >= 0.6 is 0 Å². The Kier molecular flexibility index (Phi) is 5.64. The molecule has 2 aliphatic carbocycles. The van der Waals surface area contributed by atoms with Crippen LogP contribution in [-0.4, -0.2) is 39.3 Å². The van der Waals surface area contributed by atoms with E-state index < -0.39 is 15.9 Å². The van der Waals surface area contributed by atoms with Gasteiger partial charge in [0, 0.05) is 5.69 Å². The molecule has 3 unspecified atom stereocenters. The molecule has 10 heteroatoms. The molecule has 5 rings (SSSR count). The first-order valence-electron chi connectivity index (χ1n) is 11.1. The first kappa shape index (κ1) is 21.9. The molecule has 2 heterocycles. The molecule has 0 spiro atoms. The maximum Gasteiger partial charge on any atom is 0.354 e. The lowest BCUT2D eigenvalue weighted by molar-refractivity contribution is 0.00163. The number of hydrogen-bond acceptors (Lipinski definition) is 5. The Morgan fingerprint density at radius 1 is 1.45 bits per heavy atom.